The highest BCUT2D eigenvalue weighted by molar-refractivity contribution is 5.74. The van der Waals surface area contributed by atoms with Gasteiger partial charge in [0.25, 0.3) is 0 Å². The van der Waals surface area contributed by atoms with Crippen LogP contribution in [0.5, 0.6) is 0 Å². The standard InChI is InChI=1S/C9H9N3O3/c10-15-4-5-1-2-6-7(3-5)12-9(14)8(13)11-6/h1-3H,4,10H2,(H,11,13)(H,12,14). The molecule has 2 aromatic rings. The van der Waals surface area contributed by atoms with Gasteiger partial charge < -0.3 is 9.97 Å². The largest absolute Gasteiger partial charge is 0.316 e. The second kappa shape index (κ2) is 3.68. The maximum atomic E-state index is 11.0. The van der Waals surface area contributed by atoms with Gasteiger partial charge in [-0.1, -0.05) is 6.07 Å². The number of hydrogen-bond acceptors (Lipinski definition) is 4. The molecular weight excluding hydrogens is 198 g/mol. The Kier molecular flexibility index (Phi) is 2.36. The lowest BCUT2D eigenvalue weighted by Crippen LogP contribution is -2.28. The van der Waals surface area contributed by atoms with E-state index in [1.807, 2.05) is 0 Å². The molecule has 0 atom stereocenters. The van der Waals surface area contributed by atoms with Gasteiger partial charge in [0.15, 0.2) is 0 Å². The number of aromatic amines is 2. The van der Waals surface area contributed by atoms with Crippen LogP contribution < -0.4 is 17.0 Å². The summed E-state index contributed by atoms with van der Waals surface area (Å²) in [5.74, 6) is 4.93. The van der Waals surface area contributed by atoms with E-state index in [1.54, 1.807) is 18.2 Å². The van der Waals surface area contributed by atoms with Gasteiger partial charge in [-0.15, -0.1) is 0 Å². The zero-order chi connectivity index (χ0) is 10.8. The number of benzene rings is 1. The summed E-state index contributed by atoms with van der Waals surface area (Å²) in [5.41, 5.74) is 0.598. The van der Waals surface area contributed by atoms with E-state index in [2.05, 4.69) is 14.8 Å². The number of nitrogens with two attached hydrogens (primary N) is 1. The fraction of sp³-hybridized carbons (Fsp3) is 0.111. The molecule has 15 heavy (non-hydrogen) atoms. The minimum absolute atomic E-state index is 0.247. The SMILES string of the molecule is NOCc1ccc2[nH]c(=O)c(=O)[nH]c2c1. The van der Waals surface area contributed by atoms with E-state index in [0.717, 1.165) is 5.56 Å². The van der Waals surface area contributed by atoms with Gasteiger partial charge in [0.1, 0.15) is 0 Å². The van der Waals surface area contributed by atoms with Crippen LogP contribution in [-0.4, -0.2) is 9.97 Å². The second-order valence-corrected chi connectivity index (χ2v) is 3.10. The summed E-state index contributed by atoms with van der Waals surface area (Å²) in [4.78, 5) is 31.4. The van der Waals surface area contributed by atoms with E-state index in [1.165, 1.54) is 0 Å². The van der Waals surface area contributed by atoms with Crippen molar-refractivity contribution in [2.75, 3.05) is 0 Å². The minimum Gasteiger partial charge on any atom is -0.316 e. The van der Waals surface area contributed by atoms with Gasteiger partial charge in [0, 0.05) is 0 Å². The Hall–Kier alpha value is -1.92. The molecule has 0 radical (unpaired) electrons. The number of H-pyrrole nitrogens is 2. The average molecular weight is 207 g/mol. The van der Waals surface area contributed by atoms with Crippen LogP contribution in [0.1, 0.15) is 5.56 Å². The molecule has 0 unspecified atom stereocenters. The molecule has 0 saturated carbocycles. The summed E-state index contributed by atoms with van der Waals surface area (Å²) in [6.07, 6.45) is 0. The third-order valence-corrected chi connectivity index (χ3v) is 2.04. The van der Waals surface area contributed by atoms with E-state index in [0.29, 0.717) is 11.0 Å². The molecule has 0 aliphatic rings. The second-order valence-electron chi connectivity index (χ2n) is 3.10. The van der Waals surface area contributed by atoms with Crippen LogP contribution in [-0.2, 0) is 11.4 Å². The molecule has 78 valence electrons. The first-order valence-corrected chi connectivity index (χ1v) is 4.27. The van der Waals surface area contributed by atoms with E-state index >= 15 is 0 Å². The van der Waals surface area contributed by atoms with Crippen molar-refractivity contribution in [3.63, 3.8) is 0 Å². The van der Waals surface area contributed by atoms with Crippen molar-refractivity contribution in [1.82, 2.24) is 9.97 Å². The quantitative estimate of drug-likeness (QED) is 0.461. The Morgan fingerprint density at radius 1 is 1.13 bits per heavy atom. The summed E-state index contributed by atoms with van der Waals surface area (Å²) in [5, 5.41) is 0. The molecule has 0 aliphatic heterocycles. The maximum Gasteiger partial charge on any atom is 0.314 e. The molecule has 0 bridgehead atoms. The summed E-state index contributed by atoms with van der Waals surface area (Å²) >= 11 is 0. The lowest BCUT2D eigenvalue weighted by molar-refractivity contribution is 0.124. The average Bonchev–Trinajstić information content (AvgIpc) is 2.21. The van der Waals surface area contributed by atoms with Crippen molar-refractivity contribution >= 4 is 11.0 Å². The number of aromatic nitrogens is 2. The Morgan fingerprint density at radius 3 is 2.47 bits per heavy atom. The molecule has 2 rings (SSSR count). The first-order valence-electron chi connectivity index (χ1n) is 4.27. The predicted molar refractivity (Wildman–Crippen MR) is 54.2 cm³/mol. The van der Waals surface area contributed by atoms with Crippen LogP contribution in [0.4, 0.5) is 0 Å². The molecule has 0 aliphatic carbocycles. The molecule has 0 fully saturated rings. The van der Waals surface area contributed by atoms with Gasteiger partial charge in [0.2, 0.25) is 0 Å². The fourth-order valence-electron chi connectivity index (χ4n) is 1.35. The van der Waals surface area contributed by atoms with Crippen molar-refractivity contribution in [3.8, 4) is 0 Å². The zero-order valence-electron chi connectivity index (χ0n) is 7.74. The lowest BCUT2D eigenvalue weighted by Gasteiger charge is -2.01. The number of fused-ring (bicyclic) bond motifs is 1. The summed E-state index contributed by atoms with van der Waals surface area (Å²) in [7, 11) is 0. The summed E-state index contributed by atoms with van der Waals surface area (Å²) in [6.45, 7) is 0.247. The molecule has 1 heterocycles. The highest BCUT2D eigenvalue weighted by Crippen LogP contribution is 2.09. The zero-order valence-corrected chi connectivity index (χ0v) is 7.74. The Labute approximate surface area is 83.6 Å². The van der Waals surface area contributed by atoms with Gasteiger partial charge >= 0.3 is 11.1 Å². The third kappa shape index (κ3) is 1.80. The van der Waals surface area contributed by atoms with Crippen LogP contribution in [0.3, 0.4) is 0 Å². The topological polar surface area (TPSA) is 101 Å². The predicted octanol–water partition coefficient (Wildman–Crippen LogP) is -0.393. The Bertz CT molecular complexity index is 599. The molecule has 0 saturated heterocycles. The summed E-state index contributed by atoms with van der Waals surface area (Å²) in [6, 6.07) is 5.13. The third-order valence-electron chi connectivity index (χ3n) is 2.04. The first-order chi connectivity index (χ1) is 7.20. The molecule has 1 aromatic carbocycles. The monoisotopic (exact) mass is 207 g/mol. The molecule has 6 nitrogen and oxygen atoms in total. The van der Waals surface area contributed by atoms with Crippen LogP contribution in [0.25, 0.3) is 11.0 Å². The van der Waals surface area contributed by atoms with Gasteiger partial charge in [-0.05, 0) is 17.7 Å². The normalized spacial score (nSPS) is 10.7. The first kappa shape index (κ1) is 9.63. The van der Waals surface area contributed by atoms with Crippen molar-refractivity contribution in [2.24, 2.45) is 5.90 Å². The van der Waals surface area contributed by atoms with Crippen molar-refractivity contribution in [1.29, 1.82) is 0 Å². The van der Waals surface area contributed by atoms with E-state index in [9.17, 15) is 9.59 Å². The Balaban J connectivity index is 2.66. The minimum atomic E-state index is -0.673. The highest BCUT2D eigenvalue weighted by Gasteiger charge is 2.00. The van der Waals surface area contributed by atoms with Crippen LogP contribution in [0, 0.1) is 0 Å². The van der Waals surface area contributed by atoms with Crippen LogP contribution in [0.15, 0.2) is 27.8 Å². The van der Waals surface area contributed by atoms with Crippen LogP contribution in [0.2, 0.25) is 0 Å². The molecular formula is C9H9N3O3. The molecule has 6 heteroatoms. The van der Waals surface area contributed by atoms with Crippen molar-refractivity contribution < 1.29 is 4.84 Å². The number of nitrogens with one attached hydrogen (secondary N) is 2. The molecule has 0 amide bonds. The summed E-state index contributed by atoms with van der Waals surface area (Å²) < 4.78 is 0. The van der Waals surface area contributed by atoms with Crippen molar-refractivity contribution in [2.45, 2.75) is 6.61 Å². The highest BCUT2D eigenvalue weighted by atomic mass is 16.6. The fourth-order valence-corrected chi connectivity index (χ4v) is 1.35. The van der Waals surface area contributed by atoms with Gasteiger partial charge in [-0.2, -0.15) is 0 Å². The van der Waals surface area contributed by atoms with Gasteiger partial charge in [-0.3, -0.25) is 14.4 Å². The molecule has 4 N–H and O–H groups in total. The van der Waals surface area contributed by atoms with Crippen LogP contribution >= 0.6 is 0 Å². The maximum absolute atomic E-state index is 11.0. The number of hydrogen-bond donors (Lipinski definition) is 3. The molecule has 1 aromatic heterocycles. The van der Waals surface area contributed by atoms with Crippen molar-refractivity contribution in [3.05, 3.63) is 44.5 Å². The lowest BCUT2D eigenvalue weighted by atomic mass is 10.2. The van der Waals surface area contributed by atoms with Gasteiger partial charge in [-0.25, -0.2) is 5.90 Å². The van der Waals surface area contributed by atoms with E-state index in [-0.39, 0.29) is 6.61 Å². The molecule has 0 spiro atoms. The smallest absolute Gasteiger partial charge is 0.314 e. The van der Waals surface area contributed by atoms with Gasteiger partial charge in [0.05, 0.1) is 17.6 Å². The van der Waals surface area contributed by atoms with E-state index < -0.39 is 11.1 Å². The Morgan fingerprint density at radius 2 is 1.80 bits per heavy atom. The number of rotatable bonds is 2. The van der Waals surface area contributed by atoms with E-state index in [4.69, 9.17) is 5.90 Å².